The Morgan fingerprint density at radius 2 is 2.15 bits per heavy atom. The number of nitrogens with zero attached hydrogens (tertiary/aromatic N) is 1. The van der Waals surface area contributed by atoms with Gasteiger partial charge in [-0.2, -0.15) is 0 Å². The minimum atomic E-state index is 0.133. The maximum atomic E-state index is 12.5. The fourth-order valence-electron chi connectivity index (χ4n) is 2.74. The highest BCUT2D eigenvalue weighted by atomic mass is 16.5. The van der Waals surface area contributed by atoms with Crippen molar-refractivity contribution < 1.29 is 9.53 Å². The van der Waals surface area contributed by atoms with Crippen LogP contribution in [0.3, 0.4) is 0 Å². The highest BCUT2D eigenvalue weighted by molar-refractivity contribution is 5.94. The normalized spacial score (nSPS) is 18.9. The highest BCUT2D eigenvalue weighted by Gasteiger charge is 2.24. The second-order valence-corrected chi connectivity index (χ2v) is 5.32. The number of benzene rings is 1. The minimum Gasteiger partial charge on any atom is -0.385 e. The van der Waals surface area contributed by atoms with Gasteiger partial charge in [-0.05, 0) is 49.9 Å². The lowest BCUT2D eigenvalue weighted by Crippen LogP contribution is -2.41. The molecular weight excluding hydrogens is 252 g/mol. The number of methoxy groups -OCH3 is 1. The molecule has 0 saturated carbocycles. The Bertz CT molecular complexity index is 429. The number of rotatable bonds is 5. The van der Waals surface area contributed by atoms with Crippen molar-refractivity contribution in [3.8, 4) is 0 Å². The Morgan fingerprint density at radius 1 is 1.40 bits per heavy atom. The van der Waals surface area contributed by atoms with Crippen molar-refractivity contribution in [1.29, 1.82) is 0 Å². The molecule has 1 aromatic carbocycles. The van der Waals surface area contributed by atoms with E-state index in [0.717, 1.165) is 50.3 Å². The van der Waals surface area contributed by atoms with Gasteiger partial charge in [0, 0.05) is 38.0 Å². The Kier molecular flexibility index (Phi) is 5.41. The van der Waals surface area contributed by atoms with Crippen LogP contribution in [0.15, 0.2) is 24.3 Å². The third-order valence-electron chi connectivity index (χ3n) is 3.72. The molecule has 110 valence electrons. The zero-order valence-electron chi connectivity index (χ0n) is 12.4. The van der Waals surface area contributed by atoms with Crippen LogP contribution in [-0.2, 0) is 4.74 Å². The molecule has 4 heteroatoms. The fraction of sp³-hybridized carbons (Fsp3) is 0.562. The van der Waals surface area contributed by atoms with Crippen LogP contribution in [0.25, 0.3) is 0 Å². The predicted molar refractivity (Wildman–Crippen MR) is 81.1 cm³/mol. The van der Waals surface area contributed by atoms with E-state index in [9.17, 15) is 4.79 Å². The first kappa shape index (κ1) is 14.9. The Morgan fingerprint density at radius 3 is 2.80 bits per heavy atom. The number of hydrogen-bond acceptors (Lipinski definition) is 3. The molecule has 1 aromatic rings. The van der Waals surface area contributed by atoms with E-state index in [1.807, 2.05) is 29.2 Å². The number of piperidine rings is 1. The van der Waals surface area contributed by atoms with Gasteiger partial charge in [-0.3, -0.25) is 4.79 Å². The van der Waals surface area contributed by atoms with E-state index in [4.69, 9.17) is 4.74 Å². The first-order valence-corrected chi connectivity index (χ1v) is 7.36. The summed E-state index contributed by atoms with van der Waals surface area (Å²) in [4.78, 5) is 14.4. The van der Waals surface area contributed by atoms with Gasteiger partial charge in [0.25, 0.3) is 5.91 Å². The molecule has 1 saturated heterocycles. The molecule has 1 heterocycles. The standard InChI is InChI=1S/C16H24N2O2/c1-3-17-15-8-6-14(7-9-15)16(19)18-10-4-5-13(11-18)12-20-2/h6-9,13,17H,3-5,10-12H2,1-2H3. The molecule has 0 spiro atoms. The Labute approximate surface area is 121 Å². The molecule has 1 atom stereocenters. The van der Waals surface area contributed by atoms with E-state index in [-0.39, 0.29) is 5.91 Å². The van der Waals surface area contributed by atoms with Crippen molar-refractivity contribution in [2.45, 2.75) is 19.8 Å². The number of hydrogen-bond donors (Lipinski definition) is 1. The fourth-order valence-corrected chi connectivity index (χ4v) is 2.74. The molecule has 1 fully saturated rings. The molecule has 0 aliphatic carbocycles. The van der Waals surface area contributed by atoms with Gasteiger partial charge in [0.1, 0.15) is 0 Å². The molecule has 4 nitrogen and oxygen atoms in total. The summed E-state index contributed by atoms with van der Waals surface area (Å²) in [5.74, 6) is 0.604. The third kappa shape index (κ3) is 3.73. The zero-order chi connectivity index (χ0) is 14.4. The number of anilines is 1. The lowest BCUT2D eigenvalue weighted by atomic mass is 9.98. The smallest absolute Gasteiger partial charge is 0.253 e. The molecule has 0 aromatic heterocycles. The van der Waals surface area contributed by atoms with Crippen LogP contribution in [0.2, 0.25) is 0 Å². The van der Waals surface area contributed by atoms with E-state index in [0.29, 0.717) is 5.92 Å². The molecule has 1 amide bonds. The van der Waals surface area contributed by atoms with E-state index < -0.39 is 0 Å². The summed E-state index contributed by atoms with van der Waals surface area (Å²) < 4.78 is 5.21. The van der Waals surface area contributed by atoms with Gasteiger partial charge in [-0.1, -0.05) is 0 Å². The minimum absolute atomic E-state index is 0.133. The number of ether oxygens (including phenoxy) is 1. The highest BCUT2D eigenvalue weighted by Crippen LogP contribution is 2.19. The Balaban J connectivity index is 1.99. The summed E-state index contributed by atoms with van der Waals surface area (Å²) in [6.07, 6.45) is 2.21. The third-order valence-corrected chi connectivity index (χ3v) is 3.72. The van der Waals surface area contributed by atoms with Gasteiger partial charge in [0.15, 0.2) is 0 Å². The van der Waals surface area contributed by atoms with Gasteiger partial charge in [0.05, 0.1) is 6.61 Å². The van der Waals surface area contributed by atoms with Crippen LogP contribution in [0.4, 0.5) is 5.69 Å². The van der Waals surface area contributed by atoms with Crippen LogP contribution in [0, 0.1) is 5.92 Å². The van der Waals surface area contributed by atoms with Crippen LogP contribution in [0.5, 0.6) is 0 Å². The lowest BCUT2D eigenvalue weighted by molar-refractivity contribution is 0.0571. The van der Waals surface area contributed by atoms with Crippen molar-refractivity contribution in [1.82, 2.24) is 4.90 Å². The lowest BCUT2D eigenvalue weighted by Gasteiger charge is -2.32. The van der Waals surface area contributed by atoms with E-state index >= 15 is 0 Å². The molecule has 1 aliphatic heterocycles. The van der Waals surface area contributed by atoms with Crippen molar-refractivity contribution in [3.05, 3.63) is 29.8 Å². The van der Waals surface area contributed by atoms with Gasteiger partial charge >= 0.3 is 0 Å². The van der Waals surface area contributed by atoms with Crippen LogP contribution in [0.1, 0.15) is 30.1 Å². The van der Waals surface area contributed by atoms with E-state index in [1.165, 1.54) is 0 Å². The quantitative estimate of drug-likeness (QED) is 0.899. The van der Waals surface area contributed by atoms with Gasteiger partial charge in [-0.15, -0.1) is 0 Å². The summed E-state index contributed by atoms with van der Waals surface area (Å²) in [5.41, 5.74) is 1.82. The molecule has 20 heavy (non-hydrogen) atoms. The first-order valence-electron chi connectivity index (χ1n) is 7.36. The number of carbonyl (C=O) groups excluding carboxylic acids is 1. The monoisotopic (exact) mass is 276 g/mol. The summed E-state index contributed by atoms with van der Waals surface area (Å²) in [5, 5.41) is 3.24. The van der Waals surface area contributed by atoms with Crippen LogP contribution < -0.4 is 5.32 Å². The van der Waals surface area contributed by atoms with Crippen LogP contribution >= 0.6 is 0 Å². The second-order valence-electron chi connectivity index (χ2n) is 5.32. The molecule has 1 aliphatic rings. The summed E-state index contributed by atoms with van der Waals surface area (Å²) >= 11 is 0. The first-order chi connectivity index (χ1) is 9.74. The molecule has 1 N–H and O–H groups in total. The molecule has 0 radical (unpaired) electrons. The average Bonchev–Trinajstić information content (AvgIpc) is 2.48. The zero-order valence-corrected chi connectivity index (χ0v) is 12.4. The summed E-state index contributed by atoms with van der Waals surface area (Å²) in [6, 6.07) is 7.74. The van der Waals surface area contributed by atoms with Crippen molar-refractivity contribution in [2.75, 3.05) is 38.7 Å². The maximum absolute atomic E-state index is 12.5. The topological polar surface area (TPSA) is 41.6 Å². The van der Waals surface area contributed by atoms with Crippen molar-refractivity contribution in [3.63, 3.8) is 0 Å². The second kappa shape index (κ2) is 7.29. The molecular formula is C16H24N2O2. The summed E-state index contributed by atoms with van der Waals surface area (Å²) in [7, 11) is 1.72. The predicted octanol–water partition coefficient (Wildman–Crippen LogP) is 2.62. The maximum Gasteiger partial charge on any atom is 0.253 e. The SMILES string of the molecule is CCNc1ccc(C(=O)N2CCCC(COC)C2)cc1. The van der Waals surface area contributed by atoms with Crippen molar-refractivity contribution >= 4 is 11.6 Å². The van der Waals surface area contributed by atoms with Gasteiger partial charge in [-0.25, -0.2) is 0 Å². The van der Waals surface area contributed by atoms with Gasteiger partial charge < -0.3 is 15.0 Å². The number of nitrogens with one attached hydrogen (secondary N) is 1. The van der Waals surface area contributed by atoms with E-state index in [1.54, 1.807) is 7.11 Å². The summed E-state index contributed by atoms with van der Waals surface area (Å²) in [6.45, 7) is 5.35. The van der Waals surface area contributed by atoms with Crippen molar-refractivity contribution in [2.24, 2.45) is 5.92 Å². The average molecular weight is 276 g/mol. The number of likely N-dealkylation sites (tertiary alicyclic amines) is 1. The molecule has 1 unspecified atom stereocenters. The number of carbonyl (C=O) groups is 1. The molecule has 2 rings (SSSR count). The molecule has 0 bridgehead atoms. The van der Waals surface area contributed by atoms with Gasteiger partial charge in [0.2, 0.25) is 0 Å². The number of amides is 1. The Hall–Kier alpha value is -1.55. The van der Waals surface area contributed by atoms with Crippen LogP contribution in [-0.4, -0.2) is 44.2 Å². The van der Waals surface area contributed by atoms with E-state index in [2.05, 4.69) is 12.2 Å². The largest absolute Gasteiger partial charge is 0.385 e.